The van der Waals surface area contributed by atoms with E-state index in [1.54, 1.807) is 63.5 Å². The van der Waals surface area contributed by atoms with E-state index in [0.717, 1.165) is 5.56 Å². The molecule has 1 aromatic heterocycles. The zero-order chi connectivity index (χ0) is 21.4. The Balaban J connectivity index is 1.86. The smallest absolute Gasteiger partial charge is 0.410 e. The minimum atomic E-state index is -0.622. The topological polar surface area (TPSA) is 101 Å². The molecule has 2 N–H and O–H groups in total. The van der Waals surface area contributed by atoms with Crippen LogP contribution in [0.5, 0.6) is 0 Å². The van der Waals surface area contributed by atoms with Crippen molar-refractivity contribution in [3.8, 4) is 0 Å². The fraction of sp³-hybridized carbons (Fsp3) is 0.333. The van der Waals surface area contributed by atoms with Crippen LogP contribution in [0.4, 0.5) is 10.5 Å². The zero-order valence-corrected chi connectivity index (χ0v) is 17.1. The lowest BCUT2D eigenvalue weighted by molar-refractivity contribution is -0.122. The van der Waals surface area contributed by atoms with Gasteiger partial charge in [-0.15, -0.1) is 0 Å². The first kappa shape index (κ1) is 21.9. The Hall–Kier alpha value is -3.42. The number of ether oxygens (including phenoxy) is 1. The van der Waals surface area contributed by atoms with Gasteiger partial charge in [0.15, 0.2) is 0 Å². The predicted molar refractivity (Wildman–Crippen MR) is 109 cm³/mol. The number of carbonyl (C=O) groups excluding carboxylic acids is 3. The van der Waals surface area contributed by atoms with Gasteiger partial charge in [0.2, 0.25) is 5.91 Å². The summed E-state index contributed by atoms with van der Waals surface area (Å²) in [7, 11) is 1.50. The number of likely N-dealkylation sites (N-methyl/N-ethyl adjacent to an activating group) is 1. The number of nitrogens with one attached hydrogen (secondary N) is 2. The third-order valence-electron chi connectivity index (χ3n) is 3.70. The van der Waals surface area contributed by atoms with Crippen LogP contribution in [-0.2, 0) is 16.1 Å². The molecule has 0 spiro atoms. The van der Waals surface area contributed by atoms with E-state index in [4.69, 9.17) is 4.74 Å². The number of amides is 3. The highest BCUT2D eigenvalue weighted by molar-refractivity contribution is 6.04. The fourth-order valence-electron chi connectivity index (χ4n) is 2.34. The van der Waals surface area contributed by atoms with Crippen molar-refractivity contribution in [2.45, 2.75) is 32.9 Å². The van der Waals surface area contributed by atoms with Crippen LogP contribution in [0.15, 0.2) is 48.8 Å². The lowest BCUT2D eigenvalue weighted by atomic mass is 10.2. The molecule has 0 aliphatic carbocycles. The van der Waals surface area contributed by atoms with Gasteiger partial charge in [-0.2, -0.15) is 0 Å². The Kier molecular flexibility index (Phi) is 7.30. The minimum Gasteiger partial charge on any atom is -0.444 e. The van der Waals surface area contributed by atoms with Gasteiger partial charge in [0.1, 0.15) is 12.1 Å². The summed E-state index contributed by atoms with van der Waals surface area (Å²) in [6.45, 7) is 5.44. The van der Waals surface area contributed by atoms with Gasteiger partial charge in [-0.05, 0) is 50.6 Å². The van der Waals surface area contributed by atoms with Crippen molar-refractivity contribution < 1.29 is 19.1 Å². The van der Waals surface area contributed by atoms with Crippen molar-refractivity contribution >= 4 is 23.6 Å². The average molecular weight is 398 g/mol. The Morgan fingerprint density at radius 2 is 1.79 bits per heavy atom. The van der Waals surface area contributed by atoms with E-state index in [9.17, 15) is 14.4 Å². The number of pyridine rings is 1. The number of aromatic nitrogens is 1. The molecular formula is C21H26N4O4. The van der Waals surface area contributed by atoms with Crippen molar-refractivity contribution in [1.29, 1.82) is 0 Å². The third-order valence-corrected chi connectivity index (χ3v) is 3.70. The first-order chi connectivity index (χ1) is 13.6. The number of hydrogen-bond acceptors (Lipinski definition) is 5. The SMILES string of the molecule is CN(CC(=O)NCc1cccc(NC(=O)c2ccncc2)c1)C(=O)OC(C)(C)C. The van der Waals surface area contributed by atoms with Gasteiger partial charge in [0, 0.05) is 37.2 Å². The molecule has 0 saturated heterocycles. The highest BCUT2D eigenvalue weighted by atomic mass is 16.6. The van der Waals surface area contributed by atoms with Crippen LogP contribution in [0.3, 0.4) is 0 Å². The van der Waals surface area contributed by atoms with Crippen molar-refractivity contribution in [3.05, 3.63) is 59.9 Å². The molecular weight excluding hydrogens is 372 g/mol. The largest absolute Gasteiger partial charge is 0.444 e. The summed E-state index contributed by atoms with van der Waals surface area (Å²) in [6.07, 6.45) is 2.54. The van der Waals surface area contributed by atoms with E-state index in [0.29, 0.717) is 11.3 Å². The maximum atomic E-state index is 12.2. The summed E-state index contributed by atoms with van der Waals surface area (Å²) in [4.78, 5) is 41.3. The summed E-state index contributed by atoms with van der Waals surface area (Å²) in [5.41, 5.74) is 1.31. The van der Waals surface area contributed by atoms with Crippen molar-refractivity contribution in [1.82, 2.24) is 15.2 Å². The molecule has 3 amide bonds. The molecule has 0 radical (unpaired) electrons. The monoisotopic (exact) mass is 398 g/mol. The molecule has 154 valence electrons. The molecule has 2 aromatic rings. The molecule has 0 unspecified atom stereocenters. The summed E-state index contributed by atoms with van der Waals surface area (Å²) < 4.78 is 5.22. The third kappa shape index (κ3) is 7.61. The second kappa shape index (κ2) is 9.68. The van der Waals surface area contributed by atoms with E-state index in [1.807, 2.05) is 6.07 Å². The predicted octanol–water partition coefficient (Wildman–Crippen LogP) is 2.82. The second-order valence-electron chi connectivity index (χ2n) is 7.50. The Bertz CT molecular complexity index is 862. The standard InChI is InChI=1S/C21H26N4O4/c1-21(2,3)29-20(28)25(4)14-18(26)23-13-15-6-5-7-17(12-15)24-19(27)16-8-10-22-11-9-16/h5-12H,13-14H2,1-4H3,(H,23,26)(H,24,27). The van der Waals surface area contributed by atoms with Crippen LogP contribution in [0.25, 0.3) is 0 Å². The molecule has 0 saturated carbocycles. The normalized spacial score (nSPS) is 10.8. The van der Waals surface area contributed by atoms with E-state index in [-0.39, 0.29) is 24.9 Å². The molecule has 0 aliphatic rings. The highest BCUT2D eigenvalue weighted by Crippen LogP contribution is 2.12. The maximum absolute atomic E-state index is 12.2. The number of anilines is 1. The van der Waals surface area contributed by atoms with E-state index < -0.39 is 11.7 Å². The summed E-state index contributed by atoms with van der Waals surface area (Å²) in [5.74, 6) is -0.558. The Labute approximate surface area is 170 Å². The number of nitrogens with zero attached hydrogens (tertiary/aromatic N) is 2. The Morgan fingerprint density at radius 3 is 2.45 bits per heavy atom. The van der Waals surface area contributed by atoms with Crippen LogP contribution < -0.4 is 10.6 Å². The molecule has 0 bridgehead atoms. The molecule has 2 rings (SSSR count). The zero-order valence-electron chi connectivity index (χ0n) is 17.1. The average Bonchev–Trinajstić information content (AvgIpc) is 2.66. The van der Waals surface area contributed by atoms with Crippen molar-refractivity contribution in [2.75, 3.05) is 18.9 Å². The van der Waals surface area contributed by atoms with Crippen LogP contribution in [0.1, 0.15) is 36.7 Å². The van der Waals surface area contributed by atoms with Gasteiger partial charge in [-0.25, -0.2) is 4.79 Å². The van der Waals surface area contributed by atoms with E-state index in [1.165, 1.54) is 11.9 Å². The summed E-state index contributed by atoms with van der Waals surface area (Å²) in [6, 6.07) is 10.4. The van der Waals surface area contributed by atoms with Crippen LogP contribution in [0, 0.1) is 0 Å². The maximum Gasteiger partial charge on any atom is 0.410 e. The minimum absolute atomic E-state index is 0.118. The molecule has 0 fully saturated rings. The van der Waals surface area contributed by atoms with E-state index >= 15 is 0 Å². The molecule has 8 heteroatoms. The van der Waals surface area contributed by atoms with Crippen LogP contribution >= 0.6 is 0 Å². The quantitative estimate of drug-likeness (QED) is 0.779. The lowest BCUT2D eigenvalue weighted by Crippen LogP contribution is -2.40. The van der Waals surface area contributed by atoms with E-state index in [2.05, 4.69) is 15.6 Å². The number of hydrogen-bond donors (Lipinski definition) is 2. The molecule has 0 atom stereocenters. The summed E-state index contributed by atoms with van der Waals surface area (Å²) in [5, 5.41) is 5.56. The van der Waals surface area contributed by atoms with Gasteiger partial charge in [-0.3, -0.25) is 14.6 Å². The van der Waals surface area contributed by atoms with Crippen molar-refractivity contribution in [2.24, 2.45) is 0 Å². The van der Waals surface area contributed by atoms with Crippen molar-refractivity contribution in [3.63, 3.8) is 0 Å². The first-order valence-corrected chi connectivity index (χ1v) is 9.15. The van der Waals surface area contributed by atoms with Crippen LogP contribution in [-0.4, -0.2) is 47.0 Å². The fourth-order valence-corrected chi connectivity index (χ4v) is 2.34. The highest BCUT2D eigenvalue weighted by Gasteiger charge is 2.21. The van der Waals surface area contributed by atoms with Gasteiger partial charge < -0.3 is 20.3 Å². The molecule has 1 aromatic carbocycles. The van der Waals surface area contributed by atoms with Crippen LogP contribution in [0.2, 0.25) is 0 Å². The number of benzene rings is 1. The van der Waals surface area contributed by atoms with Gasteiger partial charge in [0.25, 0.3) is 5.91 Å². The molecule has 29 heavy (non-hydrogen) atoms. The molecule has 0 aliphatic heterocycles. The Morgan fingerprint density at radius 1 is 1.10 bits per heavy atom. The lowest BCUT2D eigenvalue weighted by Gasteiger charge is -2.24. The van der Waals surface area contributed by atoms with Gasteiger partial charge in [0.05, 0.1) is 0 Å². The summed E-state index contributed by atoms with van der Waals surface area (Å²) >= 11 is 0. The second-order valence-corrected chi connectivity index (χ2v) is 7.50. The first-order valence-electron chi connectivity index (χ1n) is 9.15. The van der Waals surface area contributed by atoms with Gasteiger partial charge in [-0.1, -0.05) is 12.1 Å². The molecule has 8 nitrogen and oxygen atoms in total. The number of rotatable bonds is 6. The molecule has 1 heterocycles. The van der Waals surface area contributed by atoms with Gasteiger partial charge >= 0.3 is 6.09 Å². The number of carbonyl (C=O) groups is 3.